The first-order chi connectivity index (χ1) is 12.0. The van der Waals surface area contributed by atoms with E-state index in [9.17, 15) is 9.59 Å². The summed E-state index contributed by atoms with van der Waals surface area (Å²) in [6, 6.07) is 13.2. The lowest BCUT2D eigenvalue weighted by molar-refractivity contribution is -0.118. The molecular weight excluding hydrogens is 318 g/mol. The maximum atomic E-state index is 12.3. The molecule has 25 heavy (non-hydrogen) atoms. The van der Waals surface area contributed by atoms with Crippen molar-refractivity contribution in [1.82, 2.24) is 5.32 Å². The molecule has 0 spiro atoms. The minimum absolute atomic E-state index is 0.0500. The van der Waals surface area contributed by atoms with Crippen molar-refractivity contribution in [1.29, 1.82) is 0 Å². The van der Waals surface area contributed by atoms with Crippen molar-refractivity contribution in [2.24, 2.45) is 0 Å². The van der Waals surface area contributed by atoms with E-state index < -0.39 is 0 Å². The number of fused-ring (bicyclic) bond motifs is 1. The highest BCUT2D eigenvalue weighted by Gasteiger charge is 2.15. The maximum Gasteiger partial charge on any atom is 0.262 e. The van der Waals surface area contributed by atoms with Crippen LogP contribution in [0, 0.1) is 0 Å². The van der Waals surface area contributed by atoms with E-state index in [-0.39, 0.29) is 18.4 Å². The molecule has 0 saturated carbocycles. The first-order valence-electron chi connectivity index (χ1n) is 8.14. The van der Waals surface area contributed by atoms with Gasteiger partial charge in [-0.15, -0.1) is 0 Å². The van der Waals surface area contributed by atoms with Gasteiger partial charge >= 0.3 is 0 Å². The van der Waals surface area contributed by atoms with Crippen molar-refractivity contribution >= 4 is 23.2 Å². The van der Waals surface area contributed by atoms with E-state index in [0.717, 1.165) is 11.3 Å². The number of ether oxygens (including phenoxy) is 1. The molecule has 0 atom stereocenters. The van der Waals surface area contributed by atoms with Crippen molar-refractivity contribution in [2.45, 2.75) is 6.42 Å². The number of hydrogen-bond acceptors (Lipinski definition) is 4. The van der Waals surface area contributed by atoms with Crippen LogP contribution >= 0.6 is 0 Å². The number of hydrogen-bond donors (Lipinski definition) is 2. The predicted molar refractivity (Wildman–Crippen MR) is 97.4 cm³/mol. The van der Waals surface area contributed by atoms with Crippen LogP contribution in [0.2, 0.25) is 0 Å². The normalized spacial score (nSPS) is 12.6. The van der Waals surface area contributed by atoms with Crippen LogP contribution in [0.25, 0.3) is 0 Å². The second kappa shape index (κ2) is 7.25. The van der Waals surface area contributed by atoms with Crippen LogP contribution in [0.1, 0.15) is 15.9 Å². The molecule has 6 nitrogen and oxygen atoms in total. The molecule has 1 aliphatic heterocycles. The summed E-state index contributed by atoms with van der Waals surface area (Å²) in [5.74, 6) is 0.421. The SMILES string of the molecule is CN(C)c1cccc(C(=O)NCCc2ccc3c(c2)NC(=O)CO3)c1. The molecule has 2 N–H and O–H groups in total. The molecule has 2 aromatic carbocycles. The van der Waals surface area contributed by atoms with Crippen molar-refractivity contribution < 1.29 is 14.3 Å². The zero-order valence-corrected chi connectivity index (χ0v) is 14.3. The molecule has 0 aliphatic carbocycles. The topological polar surface area (TPSA) is 70.7 Å². The summed E-state index contributed by atoms with van der Waals surface area (Å²) in [6.07, 6.45) is 0.669. The van der Waals surface area contributed by atoms with Crippen molar-refractivity contribution in [3.8, 4) is 5.75 Å². The molecular formula is C19H21N3O3. The second-order valence-corrected chi connectivity index (χ2v) is 6.12. The number of amides is 2. The molecule has 2 aromatic rings. The molecule has 6 heteroatoms. The lowest BCUT2D eigenvalue weighted by Gasteiger charge is -2.18. The van der Waals surface area contributed by atoms with Gasteiger partial charge in [-0.3, -0.25) is 9.59 Å². The molecule has 0 unspecified atom stereocenters. The lowest BCUT2D eigenvalue weighted by Crippen LogP contribution is -2.27. The van der Waals surface area contributed by atoms with Crippen molar-refractivity contribution in [3.05, 3.63) is 53.6 Å². The minimum Gasteiger partial charge on any atom is -0.482 e. The van der Waals surface area contributed by atoms with E-state index >= 15 is 0 Å². The average molecular weight is 339 g/mol. The van der Waals surface area contributed by atoms with Gasteiger partial charge in [-0.2, -0.15) is 0 Å². The molecule has 1 heterocycles. The summed E-state index contributed by atoms with van der Waals surface area (Å²) in [5, 5.41) is 5.71. The first-order valence-corrected chi connectivity index (χ1v) is 8.14. The van der Waals surface area contributed by atoms with Gasteiger partial charge < -0.3 is 20.3 Å². The van der Waals surface area contributed by atoms with Gasteiger partial charge in [0, 0.05) is 31.9 Å². The predicted octanol–water partition coefficient (Wildman–Crippen LogP) is 2.06. The van der Waals surface area contributed by atoms with Gasteiger partial charge in [0.1, 0.15) is 5.75 Å². The Labute approximate surface area is 146 Å². The van der Waals surface area contributed by atoms with Crippen LogP contribution in [0.4, 0.5) is 11.4 Å². The Hall–Kier alpha value is -3.02. The highest BCUT2D eigenvalue weighted by molar-refractivity contribution is 5.96. The van der Waals surface area contributed by atoms with E-state index in [2.05, 4.69) is 10.6 Å². The minimum atomic E-state index is -0.154. The summed E-state index contributed by atoms with van der Waals surface area (Å²) in [7, 11) is 3.88. The smallest absolute Gasteiger partial charge is 0.262 e. The lowest BCUT2D eigenvalue weighted by atomic mass is 10.1. The fourth-order valence-electron chi connectivity index (χ4n) is 2.63. The van der Waals surface area contributed by atoms with E-state index in [0.29, 0.717) is 30.0 Å². The van der Waals surface area contributed by atoms with Gasteiger partial charge in [0.25, 0.3) is 11.8 Å². The molecule has 130 valence electrons. The quantitative estimate of drug-likeness (QED) is 0.875. The van der Waals surface area contributed by atoms with Crippen molar-refractivity contribution in [3.63, 3.8) is 0 Å². The summed E-state index contributed by atoms with van der Waals surface area (Å²) in [4.78, 5) is 25.6. The fraction of sp³-hybridized carbons (Fsp3) is 0.263. The number of nitrogens with zero attached hydrogens (tertiary/aromatic N) is 1. The fourth-order valence-corrected chi connectivity index (χ4v) is 2.63. The third-order valence-electron chi connectivity index (χ3n) is 4.00. The zero-order chi connectivity index (χ0) is 17.8. The number of benzene rings is 2. The number of carbonyl (C=O) groups excluding carboxylic acids is 2. The van der Waals surface area contributed by atoms with Crippen LogP contribution in [0.5, 0.6) is 5.75 Å². The molecule has 2 amide bonds. The van der Waals surface area contributed by atoms with E-state index in [4.69, 9.17) is 4.74 Å². The van der Waals surface area contributed by atoms with Crippen LogP contribution in [-0.4, -0.2) is 39.1 Å². The highest BCUT2D eigenvalue weighted by atomic mass is 16.5. The number of rotatable bonds is 5. The van der Waals surface area contributed by atoms with E-state index in [1.165, 1.54) is 0 Å². The maximum absolute atomic E-state index is 12.3. The number of carbonyl (C=O) groups is 2. The van der Waals surface area contributed by atoms with Gasteiger partial charge in [0.15, 0.2) is 6.61 Å². The standard InChI is InChI=1S/C19H21N3O3/c1-22(2)15-5-3-4-14(11-15)19(24)20-9-8-13-6-7-17-16(10-13)21-18(23)12-25-17/h3-7,10-11H,8-9,12H2,1-2H3,(H,20,24)(H,21,23). The van der Waals surface area contributed by atoms with E-state index in [1.807, 2.05) is 55.4 Å². The Morgan fingerprint density at radius 1 is 1.24 bits per heavy atom. The molecule has 0 saturated heterocycles. The summed E-state index contributed by atoms with van der Waals surface area (Å²) < 4.78 is 5.34. The summed E-state index contributed by atoms with van der Waals surface area (Å²) in [5.41, 5.74) is 3.32. The average Bonchev–Trinajstić information content (AvgIpc) is 2.61. The van der Waals surface area contributed by atoms with E-state index in [1.54, 1.807) is 6.07 Å². The van der Waals surface area contributed by atoms with Gasteiger partial charge in [-0.25, -0.2) is 0 Å². The first kappa shape index (κ1) is 16.8. The highest BCUT2D eigenvalue weighted by Crippen LogP contribution is 2.28. The summed E-state index contributed by atoms with van der Waals surface area (Å²) >= 11 is 0. The molecule has 1 aliphatic rings. The van der Waals surface area contributed by atoms with Gasteiger partial charge in [-0.05, 0) is 42.3 Å². The van der Waals surface area contributed by atoms with Crippen LogP contribution in [-0.2, 0) is 11.2 Å². The largest absolute Gasteiger partial charge is 0.482 e. The molecule has 0 bridgehead atoms. The van der Waals surface area contributed by atoms with Crippen LogP contribution in [0.3, 0.4) is 0 Å². The Morgan fingerprint density at radius 3 is 2.88 bits per heavy atom. The summed E-state index contributed by atoms with van der Waals surface area (Å²) in [6.45, 7) is 0.563. The number of nitrogens with one attached hydrogen (secondary N) is 2. The van der Waals surface area contributed by atoms with Gasteiger partial charge in [-0.1, -0.05) is 12.1 Å². The monoisotopic (exact) mass is 339 g/mol. The molecule has 0 radical (unpaired) electrons. The Balaban J connectivity index is 1.58. The Kier molecular flexibility index (Phi) is 4.88. The number of anilines is 2. The van der Waals surface area contributed by atoms with Gasteiger partial charge in [0.2, 0.25) is 0 Å². The third kappa shape index (κ3) is 4.09. The third-order valence-corrected chi connectivity index (χ3v) is 4.00. The second-order valence-electron chi connectivity index (χ2n) is 6.12. The van der Waals surface area contributed by atoms with Gasteiger partial charge in [0.05, 0.1) is 5.69 Å². The van der Waals surface area contributed by atoms with Crippen LogP contribution < -0.4 is 20.3 Å². The zero-order valence-electron chi connectivity index (χ0n) is 14.3. The van der Waals surface area contributed by atoms with Crippen molar-refractivity contribution in [2.75, 3.05) is 37.5 Å². The molecule has 0 fully saturated rings. The van der Waals surface area contributed by atoms with Crippen LogP contribution in [0.15, 0.2) is 42.5 Å². The Bertz CT molecular complexity index is 802. The Morgan fingerprint density at radius 2 is 2.08 bits per heavy atom. The molecule has 0 aromatic heterocycles. The molecule has 3 rings (SSSR count).